The summed E-state index contributed by atoms with van der Waals surface area (Å²) in [6, 6.07) is 20.2. The van der Waals surface area contributed by atoms with Crippen molar-refractivity contribution in [1.29, 1.82) is 0 Å². The van der Waals surface area contributed by atoms with Gasteiger partial charge in [0.25, 0.3) is 11.8 Å². The number of benzene rings is 3. The summed E-state index contributed by atoms with van der Waals surface area (Å²) >= 11 is 5.91. The van der Waals surface area contributed by atoms with Crippen LogP contribution in [0.3, 0.4) is 0 Å². The first-order valence-corrected chi connectivity index (χ1v) is 14.2. The lowest BCUT2D eigenvalue weighted by Crippen LogP contribution is -2.47. The van der Waals surface area contributed by atoms with Crippen LogP contribution in [-0.4, -0.2) is 71.0 Å². The number of amides is 2. The summed E-state index contributed by atoms with van der Waals surface area (Å²) in [5.74, 6) is 0.858. The normalized spacial score (nSPS) is 16.8. The maximum atomic E-state index is 13.4. The first-order chi connectivity index (χ1) is 20.0. The Morgan fingerprint density at radius 3 is 2.41 bits per heavy atom. The minimum absolute atomic E-state index is 0.0275. The molecule has 2 aliphatic heterocycles. The minimum Gasteiger partial charge on any atom is -0.495 e. The van der Waals surface area contributed by atoms with Crippen LogP contribution in [0, 0.1) is 0 Å². The van der Waals surface area contributed by atoms with Crippen molar-refractivity contribution in [3.8, 4) is 11.5 Å². The number of carbonyl (C=O) groups excluding carboxylic acids is 2. The van der Waals surface area contributed by atoms with Gasteiger partial charge in [-0.2, -0.15) is 0 Å². The van der Waals surface area contributed by atoms with E-state index in [9.17, 15) is 9.59 Å². The van der Waals surface area contributed by atoms with Crippen molar-refractivity contribution in [2.75, 3.05) is 68.2 Å². The standard InChI is InChI=1S/C31H35ClN4O5/c1-39-29-7-3-2-6-28(29)36-16-14-35(15-17-36)27-13-10-23(19-26(27)31(38)33-20-25-5-4-18-40-25)34-30(37)21-41-24-11-8-22(32)9-12-24/h2-3,6-13,19,25H,4-5,14-18,20-21H2,1H3,(H,33,38)(H,34,37). The molecule has 41 heavy (non-hydrogen) atoms. The molecule has 2 fully saturated rings. The Morgan fingerprint density at radius 2 is 1.71 bits per heavy atom. The summed E-state index contributed by atoms with van der Waals surface area (Å²) in [5, 5.41) is 6.48. The van der Waals surface area contributed by atoms with Gasteiger partial charge in [-0.3, -0.25) is 9.59 Å². The van der Waals surface area contributed by atoms with E-state index in [4.69, 9.17) is 25.8 Å². The van der Waals surface area contributed by atoms with Crippen LogP contribution >= 0.6 is 11.6 Å². The van der Waals surface area contributed by atoms with Crippen LogP contribution in [0.4, 0.5) is 17.1 Å². The maximum absolute atomic E-state index is 13.4. The Labute approximate surface area is 245 Å². The average molecular weight is 579 g/mol. The highest BCUT2D eigenvalue weighted by molar-refractivity contribution is 6.30. The molecule has 0 spiro atoms. The third kappa shape index (κ3) is 7.42. The van der Waals surface area contributed by atoms with Crippen LogP contribution < -0.4 is 29.9 Å². The molecule has 1 atom stereocenters. The molecule has 0 aromatic heterocycles. The van der Waals surface area contributed by atoms with Gasteiger partial charge in [-0.15, -0.1) is 0 Å². The largest absolute Gasteiger partial charge is 0.495 e. The zero-order chi connectivity index (χ0) is 28.6. The first-order valence-electron chi connectivity index (χ1n) is 13.8. The molecule has 3 aromatic rings. The minimum atomic E-state index is -0.330. The van der Waals surface area contributed by atoms with Crippen molar-refractivity contribution in [3.63, 3.8) is 0 Å². The predicted molar refractivity (Wildman–Crippen MR) is 161 cm³/mol. The van der Waals surface area contributed by atoms with Crippen molar-refractivity contribution in [2.24, 2.45) is 0 Å². The Hall–Kier alpha value is -3.95. The van der Waals surface area contributed by atoms with E-state index in [1.165, 1.54) is 0 Å². The lowest BCUT2D eigenvalue weighted by Gasteiger charge is -2.38. The summed E-state index contributed by atoms with van der Waals surface area (Å²) in [4.78, 5) is 30.6. The van der Waals surface area contributed by atoms with E-state index in [0.717, 1.165) is 62.8 Å². The SMILES string of the molecule is COc1ccccc1N1CCN(c2ccc(NC(=O)COc3ccc(Cl)cc3)cc2C(=O)NCC2CCCO2)CC1. The molecule has 2 saturated heterocycles. The maximum Gasteiger partial charge on any atom is 0.262 e. The van der Waals surface area contributed by atoms with Gasteiger partial charge in [-0.25, -0.2) is 0 Å². The molecule has 10 heteroatoms. The van der Waals surface area contributed by atoms with E-state index in [1.54, 1.807) is 37.4 Å². The number of rotatable bonds is 10. The van der Waals surface area contributed by atoms with E-state index in [1.807, 2.05) is 30.3 Å². The van der Waals surface area contributed by atoms with Crippen LogP contribution in [0.5, 0.6) is 11.5 Å². The summed E-state index contributed by atoms with van der Waals surface area (Å²) in [6.07, 6.45) is 1.96. The van der Waals surface area contributed by atoms with Gasteiger partial charge in [0.05, 0.1) is 24.5 Å². The van der Waals surface area contributed by atoms with Crippen molar-refractivity contribution in [3.05, 3.63) is 77.3 Å². The number of ether oxygens (including phenoxy) is 3. The monoisotopic (exact) mass is 578 g/mol. The second-order valence-electron chi connectivity index (χ2n) is 10.0. The van der Waals surface area contributed by atoms with E-state index < -0.39 is 0 Å². The fourth-order valence-corrected chi connectivity index (χ4v) is 5.26. The molecule has 0 radical (unpaired) electrons. The summed E-state index contributed by atoms with van der Waals surface area (Å²) in [6.45, 7) is 4.01. The van der Waals surface area contributed by atoms with Gasteiger partial charge in [0.2, 0.25) is 0 Å². The van der Waals surface area contributed by atoms with Crippen molar-refractivity contribution < 1.29 is 23.8 Å². The third-order valence-corrected chi connectivity index (χ3v) is 7.52. The number of anilines is 3. The van der Waals surface area contributed by atoms with Gasteiger partial charge < -0.3 is 34.6 Å². The molecule has 9 nitrogen and oxygen atoms in total. The second kappa shape index (κ2) is 13.6. The molecule has 0 saturated carbocycles. The molecule has 216 valence electrons. The molecule has 5 rings (SSSR count). The van der Waals surface area contributed by atoms with Crippen LogP contribution in [-0.2, 0) is 9.53 Å². The first kappa shape index (κ1) is 28.6. The molecule has 2 N–H and O–H groups in total. The molecule has 2 aliphatic rings. The van der Waals surface area contributed by atoms with E-state index in [0.29, 0.717) is 28.6 Å². The fraction of sp³-hybridized carbons (Fsp3) is 0.355. The van der Waals surface area contributed by atoms with Crippen molar-refractivity contribution in [1.82, 2.24) is 5.32 Å². The summed E-state index contributed by atoms with van der Waals surface area (Å²) in [5.41, 5.74) is 2.91. The van der Waals surface area contributed by atoms with E-state index >= 15 is 0 Å². The highest BCUT2D eigenvalue weighted by Gasteiger charge is 2.25. The fourth-order valence-electron chi connectivity index (χ4n) is 5.13. The number of halogens is 1. The van der Waals surface area contributed by atoms with Crippen LogP contribution in [0.15, 0.2) is 66.7 Å². The Bertz CT molecular complexity index is 1340. The van der Waals surface area contributed by atoms with Crippen molar-refractivity contribution >= 4 is 40.5 Å². The molecule has 2 heterocycles. The van der Waals surface area contributed by atoms with Gasteiger partial charge in [0.15, 0.2) is 6.61 Å². The Morgan fingerprint density at radius 1 is 0.976 bits per heavy atom. The number of carbonyl (C=O) groups is 2. The van der Waals surface area contributed by atoms with Crippen molar-refractivity contribution in [2.45, 2.75) is 18.9 Å². The number of nitrogens with zero attached hydrogens (tertiary/aromatic N) is 2. The van der Waals surface area contributed by atoms with Crippen LogP contribution in [0.2, 0.25) is 5.02 Å². The van der Waals surface area contributed by atoms with E-state index in [2.05, 4.69) is 26.5 Å². The zero-order valence-electron chi connectivity index (χ0n) is 23.1. The highest BCUT2D eigenvalue weighted by atomic mass is 35.5. The topological polar surface area (TPSA) is 92.4 Å². The zero-order valence-corrected chi connectivity index (χ0v) is 23.9. The summed E-state index contributed by atoms with van der Waals surface area (Å²) in [7, 11) is 1.68. The molecular weight excluding hydrogens is 544 g/mol. The lowest BCUT2D eigenvalue weighted by molar-refractivity contribution is -0.118. The number of para-hydroxylation sites is 2. The number of hydrogen-bond acceptors (Lipinski definition) is 7. The molecule has 0 bridgehead atoms. The third-order valence-electron chi connectivity index (χ3n) is 7.27. The highest BCUT2D eigenvalue weighted by Crippen LogP contribution is 2.31. The molecular formula is C31H35ClN4O5. The van der Waals surface area contributed by atoms with Gasteiger partial charge >= 0.3 is 0 Å². The summed E-state index contributed by atoms with van der Waals surface area (Å²) < 4.78 is 16.8. The predicted octanol–water partition coefficient (Wildman–Crippen LogP) is 4.60. The number of piperazine rings is 1. The van der Waals surface area contributed by atoms with Gasteiger partial charge in [-0.1, -0.05) is 23.7 Å². The van der Waals surface area contributed by atoms with Gasteiger partial charge in [0.1, 0.15) is 11.5 Å². The molecule has 1 unspecified atom stereocenters. The Balaban J connectivity index is 1.28. The van der Waals surface area contributed by atoms with Crippen LogP contribution in [0.25, 0.3) is 0 Å². The second-order valence-corrected chi connectivity index (χ2v) is 10.5. The lowest BCUT2D eigenvalue weighted by atomic mass is 10.1. The van der Waals surface area contributed by atoms with E-state index in [-0.39, 0.29) is 24.5 Å². The molecule has 3 aromatic carbocycles. The number of nitrogens with one attached hydrogen (secondary N) is 2. The number of methoxy groups -OCH3 is 1. The quantitative estimate of drug-likeness (QED) is 0.363. The Kier molecular flexibility index (Phi) is 9.48. The van der Waals surface area contributed by atoms with Crippen LogP contribution in [0.1, 0.15) is 23.2 Å². The molecule has 2 amide bonds. The molecule has 0 aliphatic carbocycles. The smallest absolute Gasteiger partial charge is 0.262 e. The van der Waals surface area contributed by atoms with Gasteiger partial charge in [-0.05, 0) is 67.4 Å². The van der Waals surface area contributed by atoms with Gasteiger partial charge in [0, 0.05) is 55.7 Å². The number of hydrogen-bond donors (Lipinski definition) is 2. The average Bonchev–Trinajstić information content (AvgIpc) is 3.53.